The largest absolute Gasteiger partial charge is 0.303 e. The maximum Gasteiger partial charge on any atom is 0.285 e. The number of aryl methyl sites for hydroxylation is 1. The van der Waals surface area contributed by atoms with E-state index in [1.807, 2.05) is 4.72 Å². The summed E-state index contributed by atoms with van der Waals surface area (Å²) >= 11 is 17.5. The Hall–Kier alpha value is -2.13. The van der Waals surface area contributed by atoms with Crippen LogP contribution in [0.2, 0.25) is 15.1 Å². The van der Waals surface area contributed by atoms with Crippen LogP contribution in [-0.2, 0) is 10.0 Å². The highest BCUT2D eigenvalue weighted by atomic mass is 35.5. The van der Waals surface area contributed by atoms with Crippen molar-refractivity contribution in [3.63, 3.8) is 0 Å². The van der Waals surface area contributed by atoms with Crippen LogP contribution in [0.25, 0.3) is 5.69 Å². The third kappa shape index (κ3) is 4.30. The maximum atomic E-state index is 13.6. The Kier molecular flexibility index (Phi) is 5.67. The van der Waals surface area contributed by atoms with Crippen LogP contribution >= 0.6 is 34.8 Å². The molecule has 0 spiro atoms. The van der Waals surface area contributed by atoms with Gasteiger partial charge in [-0.15, -0.1) is 0 Å². The second-order valence-corrected chi connectivity index (χ2v) is 8.61. The minimum absolute atomic E-state index is 0.0965. The number of nitrogens with zero attached hydrogens (tertiary/aromatic N) is 2. The van der Waals surface area contributed by atoms with Crippen LogP contribution in [0.3, 0.4) is 0 Å². The van der Waals surface area contributed by atoms with Gasteiger partial charge in [0.15, 0.2) is 0 Å². The molecule has 1 aromatic heterocycles. The van der Waals surface area contributed by atoms with Gasteiger partial charge in [-0.3, -0.25) is 4.79 Å². The van der Waals surface area contributed by atoms with Crippen molar-refractivity contribution < 1.29 is 17.6 Å². The molecule has 0 saturated carbocycles. The smallest absolute Gasteiger partial charge is 0.285 e. The van der Waals surface area contributed by atoms with E-state index in [4.69, 9.17) is 34.8 Å². The Morgan fingerprint density at radius 2 is 1.82 bits per heavy atom. The summed E-state index contributed by atoms with van der Waals surface area (Å²) in [5.41, 5.74) is 0.134. The Labute approximate surface area is 174 Å². The lowest BCUT2D eigenvalue weighted by molar-refractivity contribution is 0.0977. The summed E-state index contributed by atoms with van der Waals surface area (Å²) in [6.07, 6.45) is 1.27. The van der Waals surface area contributed by atoms with Crippen LogP contribution in [0.1, 0.15) is 16.3 Å². The number of aromatic nitrogens is 2. The predicted molar refractivity (Wildman–Crippen MR) is 104 cm³/mol. The lowest BCUT2D eigenvalue weighted by Crippen LogP contribution is -2.31. The first-order chi connectivity index (χ1) is 13.1. The molecular formula is C17H11Cl3FN3O3S. The molecule has 0 aliphatic carbocycles. The van der Waals surface area contributed by atoms with Crippen molar-refractivity contribution in [2.75, 3.05) is 0 Å². The fourth-order valence-electron chi connectivity index (χ4n) is 2.43. The van der Waals surface area contributed by atoms with Gasteiger partial charge in [0, 0.05) is 16.2 Å². The number of nitrogens with one attached hydrogen (secondary N) is 1. The molecule has 0 unspecified atom stereocenters. The van der Waals surface area contributed by atoms with Crippen molar-refractivity contribution in [2.45, 2.75) is 11.8 Å². The molecule has 6 nitrogen and oxygen atoms in total. The molecule has 146 valence electrons. The van der Waals surface area contributed by atoms with Crippen molar-refractivity contribution in [3.8, 4) is 5.69 Å². The zero-order valence-corrected chi connectivity index (χ0v) is 17.2. The van der Waals surface area contributed by atoms with Gasteiger partial charge in [-0.05, 0) is 43.3 Å². The molecule has 28 heavy (non-hydrogen) atoms. The maximum absolute atomic E-state index is 13.6. The molecular weight excluding hydrogens is 452 g/mol. The minimum atomic E-state index is -4.29. The molecule has 0 bridgehead atoms. The second kappa shape index (κ2) is 7.71. The summed E-state index contributed by atoms with van der Waals surface area (Å²) in [5.74, 6) is -1.23. The summed E-state index contributed by atoms with van der Waals surface area (Å²) in [7, 11) is -4.29. The molecule has 0 aliphatic rings. The molecule has 0 radical (unpaired) electrons. The van der Waals surface area contributed by atoms with Gasteiger partial charge >= 0.3 is 0 Å². The van der Waals surface area contributed by atoms with Crippen molar-refractivity contribution in [3.05, 3.63) is 75.0 Å². The number of benzene rings is 2. The van der Waals surface area contributed by atoms with Gasteiger partial charge in [0.1, 0.15) is 22.2 Å². The van der Waals surface area contributed by atoms with Gasteiger partial charge in [0.05, 0.1) is 10.7 Å². The Bertz CT molecular complexity index is 1180. The molecule has 2 aromatic carbocycles. The molecule has 0 atom stereocenters. The average Bonchev–Trinajstić information content (AvgIpc) is 2.98. The van der Waals surface area contributed by atoms with Crippen LogP contribution in [0.15, 0.2) is 47.5 Å². The van der Waals surface area contributed by atoms with Crippen molar-refractivity contribution >= 4 is 50.7 Å². The highest BCUT2D eigenvalue weighted by Gasteiger charge is 2.24. The van der Waals surface area contributed by atoms with E-state index in [0.717, 1.165) is 12.1 Å². The number of rotatable bonds is 4. The predicted octanol–water partition coefficient (Wildman–Crippen LogP) is 4.40. The van der Waals surface area contributed by atoms with E-state index in [1.165, 1.54) is 35.0 Å². The molecule has 11 heteroatoms. The number of carbonyl (C=O) groups excluding carboxylic acids is 1. The molecule has 3 aromatic rings. The number of sulfonamides is 1. The third-order valence-electron chi connectivity index (χ3n) is 3.65. The number of carbonyl (C=O) groups is 1. The van der Waals surface area contributed by atoms with Gasteiger partial charge in [-0.25, -0.2) is 22.5 Å². The lowest BCUT2D eigenvalue weighted by atomic mass is 10.3. The Morgan fingerprint density at radius 3 is 2.50 bits per heavy atom. The molecule has 0 aliphatic heterocycles. The molecule has 3 rings (SSSR count). The molecule has 1 heterocycles. The SMILES string of the molecule is Cc1nc(C(=O)NS(=O)(=O)c2cc(Cl)ccc2Cl)cn1-c1cc(F)cc(Cl)c1. The number of hydrogen-bond donors (Lipinski definition) is 1. The fraction of sp³-hybridized carbons (Fsp3) is 0.0588. The van der Waals surface area contributed by atoms with Gasteiger partial charge in [0.2, 0.25) is 0 Å². The summed E-state index contributed by atoms with van der Waals surface area (Å²) < 4.78 is 41.8. The quantitative estimate of drug-likeness (QED) is 0.623. The van der Waals surface area contributed by atoms with E-state index >= 15 is 0 Å². The van der Waals surface area contributed by atoms with Crippen molar-refractivity contribution in [2.24, 2.45) is 0 Å². The summed E-state index contributed by atoms with van der Waals surface area (Å²) in [4.78, 5) is 16.1. The highest BCUT2D eigenvalue weighted by Crippen LogP contribution is 2.25. The second-order valence-electron chi connectivity index (χ2n) is 5.68. The van der Waals surface area contributed by atoms with Crippen LogP contribution in [0.5, 0.6) is 0 Å². The summed E-state index contributed by atoms with van der Waals surface area (Å²) in [6, 6.07) is 7.65. The number of hydrogen-bond acceptors (Lipinski definition) is 4. The van der Waals surface area contributed by atoms with Crippen LogP contribution in [-0.4, -0.2) is 23.9 Å². The standard InChI is InChI=1S/C17H11Cl3FN3O3S/c1-9-22-15(8-24(9)13-5-11(19)4-12(21)7-13)17(25)23-28(26,27)16-6-10(18)2-3-14(16)20/h2-8H,1H3,(H,23,25). The first-order valence-electron chi connectivity index (χ1n) is 7.61. The van der Waals surface area contributed by atoms with E-state index in [2.05, 4.69) is 4.98 Å². The van der Waals surface area contributed by atoms with E-state index in [0.29, 0.717) is 11.5 Å². The monoisotopic (exact) mass is 461 g/mol. The minimum Gasteiger partial charge on any atom is -0.303 e. The van der Waals surface area contributed by atoms with Gasteiger partial charge in [0.25, 0.3) is 15.9 Å². The van der Waals surface area contributed by atoms with Crippen LogP contribution in [0.4, 0.5) is 4.39 Å². The Morgan fingerprint density at radius 1 is 1.11 bits per heavy atom. The van der Waals surface area contributed by atoms with Crippen molar-refractivity contribution in [1.29, 1.82) is 0 Å². The summed E-state index contributed by atoms with van der Waals surface area (Å²) in [6.45, 7) is 1.57. The lowest BCUT2D eigenvalue weighted by Gasteiger charge is -2.07. The van der Waals surface area contributed by atoms with Crippen LogP contribution < -0.4 is 4.72 Å². The molecule has 1 amide bonds. The van der Waals surface area contributed by atoms with Gasteiger partial charge < -0.3 is 4.57 Å². The average molecular weight is 463 g/mol. The first-order valence-corrected chi connectivity index (χ1v) is 10.2. The zero-order valence-electron chi connectivity index (χ0n) is 14.1. The van der Waals surface area contributed by atoms with Crippen LogP contribution in [0, 0.1) is 12.7 Å². The Balaban J connectivity index is 1.92. The van der Waals surface area contributed by atoms with E-state index in [-0.39, 0.29) is 25.7 Å². The summed E-state index contributed by atoms with van der Waals surface area (Å²) in [5, 5.41) is 0.202. The van der Waals surface area contributed by atoms with Gasteiger partial charge in [-0.1, -0.05) is 34.8 Å². The normalized spacial score (nSPS) is 11.5. The molecule has 0 fully saturated rings. The number of halogens is 4. The third-order valence-corrected chi connectivity index (χ3v) is 5.92. The van der Waals surface area contributed by atoms with E-state index < -0.39 is 21.7 Å². The van der Waals surface area contributed by atoms with E-state index in [1.54, 1.807) is 6.92 Å². The highest BCUT2D eigenvalue weighted by molar-refractivity contribution is 7.90. The molecule has 0 saturated heterocycles. The first kappa shape index (κ1) is 20.6. The zero-order chi connectivity index (χ0) is 20.6. The molecule has 1 N–H and O–H groups in total. The van der Waals surface area contributed by atoms with Crippen molar-refractivity contribution in [1.82, 2.24) is 14.3 Å². The topological polar surface area (TPSA) is 81.1 Å². The van der Waals surface area contributed by atoms with E-state index in [9.17, 15) is 17.6 Å². The van der Waals surface area contributed by atoms with Gasteiger partial charge in [-0.2, -0.15) is 0 Å². The fourth-order valence-corrected chi connectivity index (χ4v) is 4.37. The number of imidazole rings is 1. The number of amides is 1.